The van der Waals surface area contributed by atoms with Crippen LogP contribution in [0.5, 0.6) is 5.75 Å². The van der Waals surface area contributed by atoms with Crippen LogP contribution >= 0.6 is 0 Å². The fourth-order valence-corrected chi connectivity index (χ4v) is 1.94. The zero-order chi connectivity index (χ0) is 14.4. The first-order valence-corrected chi connectivity index (χ1v) is 6.38. The summed E-state index contributed by atoms with van der Waals surface area (Å²) in [5.74, 6) is -0.380. The molecule has 0 saturated carbocycles. The third kappa shape index (κ3) is 3.26. The Bertz CT molecular complexity index is 615. The lowest BCUT2D eigenvalue weighted by Crippen LogP contribution is -2.03. The molecule has 3 nitrogen and oxygen atoms in total. The van der Waals surface area contributed by atoms with E-state index in [2.05, 4.69) is 0 Å². The molecule has 2 aromatic carbocycles. The molecular formula is C17H16O3. The van der Waals surface area contributed by atoms with Gasteiger partial charge in [-0.3, -0.25) is 0 Å². The number of aliphatic carboxylic acids is 1. The van der Waals surface area contributed by atoms with Crippen LogP contribution < -0.4 is 4.74 Å². The zero-order valence-corrected chi connectivity index (χ0v) is 11.2. The molecule has 0 aliphatic carbocycles. The number of rotatable bonds is 5. The van der Waals surface area contributed by atoms with E-state index in [1.165, 1.54) is 0 Å². The number of carboxylic acids is 1. The molecule has 0 spiro atoms. The van der Waals surface area contributed by atoms with Crippen molar-refractivity contribution in [3.63, 3.8) is 0 Å². The van der Waals surface area contributed by atoms with E-state index in [1.807, 2.05) is 36.4 Å². The van der Waals surface area contributed by atoms with Gasteiger partial charge in [-0.1, -0.05) is 54.6 Å². The second kappa shape index (κ2) is 6.57. The fraction of sp³-hybridized carbons (Fsp3) is 0.118. The number of benzene rings is 2. The van der Waals surface area contributed by atoms with E-state index in [9.17, 15) is 9.90 Å². The van der Waals surface area contributed by atoms with Crippen LogP contribution in [-0.2, 0) is 11.4 Å². The van der Waals surface area contributed by atoms with Gasteiger partial charge < -0.3 is 9.84 Å². The normalized spacial score (nSPS) is 11.2. The summed E-state index contributed by atoms with van der Waals surface area (Å²) < 4.78 is 5.75. The van der Waals surface area contributed by atoms with Gasteiger partial charge >= 0.3 is 5.97 Å². The van der Waals surface area contributed by atoms with Crippen LogP contribution in [-0.4, -0.2) is 11.1 Å². The number of ether oxygens (including phenoxy) is 1. The number of carboxylic acid groups (broad SMARTS) is 1. The van der Waals surface area contributed by atoms with Gasteiger partial charge in [0, 0.05) is 5.56 Å². The molecule has 0 saturated heterocycles. The lowest BCUT2D eigenvalue weighted by Gasteiger charge is -2.11. The molecule has 0 aliphatic heterocycles. The summed E-state index contributed by atoms with van der Waals surface area (Å²) in [6, 6.07) is 16.9. The van der Waals surface area contributed by atoms with E-state index >= 15 is 0 Å². The largest absolute Gasteiger partial charge is 0.488 e. The highest BCUT2D eigenvalue weighted by atomic mass is 16.5. The maximum Gasteiger partial charge on any atom is 0.336 e. The van der Waals surface area contributed by atoms with Crippen LogP contribution in [0.4, 0.5) is 0 Å². The Balaban J connectivity index is 2.22. The Morgan fingerprint density at radius 3 is 2.40 bits per heavy atom. The molecule has 1 N–H and O–H groups in total. The van der Waals surface area contributed by atoms with Crippen LogP contribution in [0.3, 0.4) is 0 Å². The van der Waals surface area contributed by atoms with Gasteiger partial charge in [0.25, 0.3) is 0 Å². The number of para-hydroxylation sites is 1. The second-order valence-corrected chi connectivity index (χ2v) is 4.28. The quantitative estimate of drug-likeness (QED) is 0.840. The van der Waals surface area contributed by atoms with Crippen molar-refractivity contribution in [1.29, 1.82) is 0 Å². The number of carbonyl (C=O) groups is 1. The van der Waals surface area contributed by atoms with Crippen LogP contribution in [0.25, 0.3) is 5.57 Å². The van der Waals surface area contributed by atoms with Crippen molar-refractivity contribution in [2.24, 2.45) is 0 Å². The first-order valence-electron chi connectivity index (χ1n) is 6.38. The third-order valence-corrected chi connectivity index (χ3v) is 2.93. The van der Waals surface area contributed by atoms with Crippen molar-refractivity contribution < 1.29 is 14.6 Å². The minimum absolute atomic E-state index is 0.244. The van der Waals surface area contributed by atoms with Gasteiger partial charge in [-0.05, 0) is 18.6 Å². The van der Waals surface area contributed by atoms with Crippen molar-refractivity contribution in [2.75, 3.05) is 0 Å². The fourth-order valence-electron chi connectivity index (χ4n) is 1.94. The van der Waals surface area contributed by atoms with Crippen molar-refractivity contribution in [3.05, 3.63) is 71.8 Å². The average molecular weight is 268 g/mol. The molecule has 0 aliphatic rings. The first kappa shape index (κ1) is 13.9. The SMILES string of the molecule is CC=C(C(=O)O)c1ccccc1OCc1ccccc1. The van der Waals surface area contributed by atoms with Gasteiger partial charge in [0.2, 0.25) is 0 Å². The van der Waals surface area contributed by atoms with Crippen molar-refractivity contribution in [2.45, 2.75) is 13.5 Å². The van der Waals surface area contributed by atoms with Gasteiger partial charge in [0.05, 0.1) is 5.57 Å². The van der Waals surface area contributed by atoms with E-state index in [-0.39, 0.29) is 5.57 Å². The van der Waals surface area contributed by atoms with Gasteiger partial charge in [0.1, 0.15) is 12.4 Å². The lowest BCUT2D eigenvalue weighted by atomic mass is 10.0. The molecule has 3 heteroatoms. The maximum absolute atomic E-state index is 11.2. The highest BCUT2D eigenvalue weighted by Gasteiger charge is 2.14. The molecule has 0 radical (unpaired) electrons. The van der Waals surface area contributed by atoms with Crippen molar-refractivity contribution in [3.8, 4) is 5.75 Å². The Hall–Kier alpha value is -2.55. The monoisotopic (exact) mass is 268 g/mol. The Kier molecular flexibility index (Phi) is 4.56. The standard InChI is InChI=1S/C17H16O3/c1-2-14(17(18)19)15-10-6-7-11-16(15)20-12-13-8-4-3-5-9-13/h2-11H,12H2,1H3,(H,18,19). The summed E-state index contributed by atoms with van der Waals surface area (Å²) in [6.45, 7) is 2.12. The number of allylic oxidation sites excluding steroid dienone is 1. The predicted octanol–water partition coefficient (Wildman–Crippen LogP) is 3.75. The van der Waals surface area contributed by atoms with Crippen LogP contribution in [0.1, 0.15) is 18.1 Å². The predicted molar refractivity (Wildman–Crippen MR) is 78.5 cm³/mol. The molecule has 0 atom stereocenters. The minimum Gasteiger partial charge on any atom is -0.488 e. The van der Waals surface area contributed by atoms with Gasteiger partial charge in [-0.15, -0.1) is 0 Å². The number of hydrogen-bond acceptors (Lipinski definition) is 2. The molecule has 0 bridgehead atoms. The molecule has 102 valence electrons. The summed E-state index contributed by atoms with van der Waals surface area (Å²) in [5, 5.41) is 9.21. The molecule has 0 unspecified atom stereocenters. The Morgan fingerprint density at radius 2 is 1.75 bits per heavy atom. The molecular weight excluding hydrogens is 252 g/mol. The molecule has 0 fully saturated rings. The molecule has 0 amide bonds. The minimum atomic E-state index is -0.955. The van der Waals surface area contributed by atoms with Gasteiger partial charge in [-0.2, -0.15) is 0 Å². The Labute approximate surface area is 118 Å². The summed E-state index contributed by atoms with van der Waals surface area (Å²) in [7, 11) is 0. The van der Waals surface area contributed by atoms with E-state index in [0.29, 0.717) is 17.9 Å². The maximum atomic E-state index is 11.2. The van der Waals surface area contributed by atoms with E-state index in [1.54, 1.807) is 31.2 Å². The van der Waals surface area contributed by atoms with Crippen molar-refractivity contribution >= 4 is 11.5 Å². The second-order valence-electron chi connectivity index (χ2n) is 4.28. The van der Waals surface area contributed by atoms with Crippen LogP contribution in [0.2, 0.25) is 0 Å². The Morgan fingerprint density at radius 1 is 1.10 bits per heavy atom. The van der Waals surface area contributed by atoms with E-state index < -0.39 is 5.97 Å². The first-order chi connectivity index (χ1) is 9.72. The highest BCUT2D eigenvalue weighted by Crippen LogP contribution is 2.26. The molecule has 0 heterocycles. The van der Waals surface area contributed by atoms with Gasteiger partial charge in [-0.25, -0.2) is 4.79 Å². The van der Waals surface area contributed by atoms with E-state index in [4.69, 9.17) is 4.74 Å². The zero-order valence-electron chi connectivity index (χ0n) is 11.2. The summed E-state index contributed by atoms with van der Waals surface area (Å²) in [5.41, 5.74) is 1.88. The molecule has 2 aromatic rings. The molecule has 20 heavy (non-hydrogen) atoms. The topological polar surface area (TPSA) is 46.5 Å². The van der Waals surface area contributed by atoms with Crippen LogP contribution in [0.15, 0.2) is 60.7 Å². The van der Waals surface area contributed by atoms with Gasteiger partial charge in [0.15, 0.2) is 0 Å². The molecule has 0 aromatic heterocycles. The smallest absolute Gasteiger partial charge is 0.336 e. The number of hydrogen-bond donors (Lipinski definition) is 1. The van der Waals surface area contributed by atoms with Crippen LogP contribution in [0, 0.1) is 0 Å². The lowest BCUT2D eigenvalue weighted by molar-refractivity contribution is -0.130. The average Bonchev–Trinajstić information content (AvgIpc) is 2.48. The van der Waals surface area contributed by atoms with Crippen molar-refractivity contribution in [1.82, 2.24) is 0 Å². The summed E-state index contributed by atoms with van der Waals surface area (Å²) >= 11 is 0. The third-order valence-electron chi connectivity index (χ3n) is 2.93. The molecule has 2 rings (SSSR count). The summed E-state index contributed by atoms with van der Waals surface area (Å²) in [6.07, 6.45) is 1.58. The summed E-state index contributed by atoms with van der Waals surface area (Å²) in [4.78, 5) is 11.2. The van der Waals surface area contributed by atoms with E-state index in [0.717, 1.165) is 5.56 Å². The highest BCUT2D eigenvalue weighted by molar-refractivity contribution is 6.16.